The van der Waals surface area contributed by atoms with Crippen molar-refractivity contribution in [1.29, 1.82) is 0 Å². The summed E-state index contributed by atoms with van der Waals surface area (Å²) in [5.41, 5.74) is 0. The van der Waals surface area contributed by atoms with E-state index in [1.165, 1.54) is 19.3 Å². The van der Waals surface area contributed by atoms with Gasteiger partial charge in [0.2, 0.25) is 0 Å². The Kier molecular flexibility index (Phi) is 36.2. The van der Waals surface area contributed by atoms with Crippen LogP contribution in [-0.4, -0.2) is 142 Å². The quantitative estimate of drug-likeness (QED) is 0.0186. The van der Waals surface area contributed by atoms with Gasteiger partial charge < -0.3 is 64.2 Å². The second-order valence-corrected chi connectivity index (χ2v) is 17.3. The van der Waals surface area contributed by atoms with Gasteiger partial charge in [-0.3, -0.25) is 9.59 Å². The zero-order chi connectivity index (χ0) is 51.0. The molecular formula is C55H86O15. The third kappa shape index (κ3) is 28.3. The van der Waals surface area contributed by atoms with Crippen LogP contribution in [0.1, 0.15) is 129 Å². The highest BCUT2D eigenvalue weighted by atomic mass is 16.7. The monoisotopic (exact) mass is 987 g/mol. The normalized spacial score (nSPS) is 26.3. The van der Waals surface area contributed by atoms with Crippen molar-refractivity contribution in [1.82, 2.24) is 0 Å². The minimum atomic E-state index is -1.79. The molecule has 70 heavy (non-hydrogen) atoms. The average Bonchev–Trinajstić information content (AvgIpc) is 3.35. The third-order valence-electron chi connectivity index (χ3n) is 11.2. The molecule has 0 aromatic carbocycles. The van der Waals surface area contributed by atoms with Gasteiger partial charge in [0.25, 0.3) is 0 Å². The van der Waals surface area contributed by atoms with E-state index in [2.05, 4.69) is 111 Å². The number of aliphatic hydroxyl groups excluding tert-OH is 7. The summed E-state index contributed by atoms with van der Waals surface area (Å²) in [7, 11) is 0. The SMILES string of the molecule is CC/C=C/C/C=C/C/C=C/C/C=C/CCCCC(=O)O[C@@H](COC(=O)CC/C=C/C/C=C/C/C=C/C/C=C/C/C=C/CCCCC)CO[C@@H]1O[C@H](CO[C@@H]2O[C@H](CO)[C@H](O)C(O)C2O)[C@H](O)C(O)C1O. The van der Waals surface area contributed by atoms with Gasteiger partial charge in [-0.2, -0.15) is 0 Å². The van der Waals surface area contributed by atoms with Crippen molar-refractivity contribution in [3.8, 4) is 0 Å². The van der Waals surface area contributed by atoms with E-state index in [4.69, 9.17) is 28.4 Å². The van der Waals surface area contributed by atoms with Gasteiger partial charge in [0.15, 0.2) is 18.7 Å². The molecule has 4 unspecified atom stereocenters. The van der Waals surface area contributed by atoms with Crippen molar-refractivity contribution in [3.63, 3.8) is 0 Å². The van der Waals surface area contributed by atoms with Crippen molar-refractivity contribution in [3.05, 3.63) is 109 Å². The van der Waals surface area contributed by atoms with Crippen LogP contribution < -0.4 is 0 Å². The second-order valence-electron chi connectivity index (χ2n) is 17.3. The van der Waals surface area contributed by atoms with Crippen molar-refractivity contribution in [2.75, 3.05) is 26.4 Å². The summed E-state index contributed by atoms with van der Waals surface area (Å²) < 4.78 is 33.4. The molecule has 2 fully saturated rings. The molecule has 0 bridgehead atoms. The lowest BCUT2D eigenvalue weighted by atomic mass is 9.98. The van der Waals surface area contributed by atoms with Crippen LogP contribution in [-0.2, 0) is 38.0 Å². The fraction of sp³-hybridized carbons (Fsp3) is 0.636. The molecule has 396 valence electrons. The standard InChI is InChI=1S/C55H86O15/c1-3-5-7-9-11-13-15-17-19-20-21-22-24-25-27-29-31-33-35-37-46(57)65-40-43(68-47(58)38-36-34-32-30-28-26-23-18-16-14-12-10-8-6-4-2)41-66-54-53(64)51(62)49(60)45(70-54)42-67-55-52(63)50(61)48(59)44(39-56)69-55/h6,8,11-14,17-19,21-23,25,27-28,30-31,33,43-45,48-56,59-64H,3-5,7,9-10,15-16,20,24,26,29,32,34-42H2,1-2H3/b8-6+,13-11+,14-12+,19-17+,22-21+,23-18+,27-25+,30-28+,33-31+/t43-,44+,45+,48-,49-,50?,51?,52?,53?,54+,55+/m0/s1. The summed E-state index contributed by atoms with van der Waals surface area (Å²) in [5, 5.41) is 72.1. The molecule has 0 aliphatic carbocycles. The molecule has 0 amide bonds. The Hall–Kier alpha value is -3.84. The van der Waals surface area contributed by atoms with Gasteiger partial charge in [0, 0.05) is 12.8 Å². The fourth-order valence-electron chi connectivity index (χ4n) is 7.07. The molecule has 2 rings (SSSR count). The molecule has 2 heterocycles. The number of carbonyl (C=O) groups is 2. The molecule has 2 saturated heterocycles. The first-order valence-corrected chi connectivity index (χ1v) is 25.5. The fourth-order valence-corrected chi connectivity index (χ4v) is 7.07. The summed E-state index contributed by atoms with van der Waals surface area (Å²) >= 11 is 0. The van der Waals surface area contributed by atoms with E-state index in [-0.39, 0.29) is 19.4 Å². The molecule has 7 N–H and O–H groups in total. The van der Waals surface area contributed by atoms with Gasteiger partial charge in [-0.15, -0.1) is 0 Å². The number of ether oxygens (including phenoxy) is 6. The number of esters is 2. The number of aliphatic hydroxyl groups is 7. The molecule has 0 radical (unpaired) electrons. The average molecular weight is 987 g/mol. The van der Waals surface area contributed by atoms with E-state index >= 15 is 0 Å². The lowest BCUT2D eigenvalue weighted by molar-refractivity contribution is -0.332. The van der Waals surface area contributed by atoms with Crippen LogP contribution in [0.25, 0.3) is 0 Å². The predicted octanol–water partition coefficient (Wildman–Crippen LogP) is 7.15. The minimum absolute atomic E-state index is 0.0780. The van der Waals surface area contributed by atoms with Crippen molar-refractivity contribution < 1.29 is 73.8 Å². The second kappa shape index (κ2) is 40.7. The van der Waals surface area contributed by atoms with Gasteiger partial charge >= 0.3 is 11.9 Å². The van der Waals surface area contributed by atoms with E-state index in [0.29, 0.717) is 19.3 Å². The molecule has 0 saturated carbocycles. The van der Waals surface area contributed by atoms with Crippen molar-refractivity contribution >= 4 is 11.9 Å². The molecule has 15 nitrogen and oxygen atoms in total. The zero-order valence-electron chi connectivity index (χ0n) is 41.7. The third-order valence-corrected chi connectivity index (χ3v) is 11.2. The van der Waals surface area contributed by atoms with Gasteiger partial charge in [-0.25, -0.2) is 0 Å². The molecule has 2 aliphatic heterocycles. The molecule has 11 atom stereocenters. The maximum atomic E-state index is 13.0. The summed E-state index contributed by atoms with van der Waals surface area (Å²) in [4.78, 5) is 25.7. The van der Waals surface area contributed by atoms with Crippen LogP contribution in [0.2, 0.25) is 0 Å². The van der Waals surface area contributed by atoms with E-state index in [9.17, 15) is 45.3 Å². The number of rotatable bonds is 37. The van der Waals surface area contributed by atoms with E-state index in [0.717, 1.165) is 64.2 Å². The van der Waals surface area contributed by atoms with Crippen LogP contribution in [0.3, 0.4) is 0 Å². The Morgan fingerprint density at radius 1 is 0.471 bits per heavy atom. The van der Waals surface area contributed by atoms with Gasteiger partial charge in [0.1, 0.15) is 55.4 Å². The predicted molar refractivity (Wildman–Crippen MR) is 270 cm³/mol. The van der Waals surface area contributed by atoms with Crippen molar-refractivity contribution in [2.24, 2.45) is 0 Å². The lowest BCUT2D eigenvalue weighted by Crippen LogP contribution is -2.61. The maximum absolute atomic E-state index is 13.0. The zero-order valence-corrected chi connectivity index (χ0v) is 41.7. The van der Waals surface area contributed by atoms with Gasteiger partial charge in [0.05, 0.1) is 19.8 Å². The van der Waals surface area contributed by atoms with E-state index < -0.39 is 99.3 Å². The highest BCUT2D eigenvalue weighted by molar-refractivity contribution is 5.70. The first kappa shape index (κ1) is 62.3. The van der Waals surface area contributed by atoms with Gasteiger partial charge in [-0.05, 0) is 89.9 Å². The number of carbonyl (C=O) groups excluding carboxylic acids is 2. The minimum Gasteiger partial charge on any atom is -0.462 e. The van der Waals surface area contributed by atoms with Crippen LogP contribution in [0.15, 0.2) is 109 Å². The highest BCUT2D eigenvalue weighted by Crippen LogP contribution is 2.26. The van der Waals surface area contributed by atoms with E-state index in [1.54, 1.807) is 0 Å². The molecule has 0 aromatic rings. The maximum Gasteiger partial charge on any atom is 0.306 e. The first-order chi connectivity index (χ1) is 34.0. The number of allylic oxidation sites excluding steroid dienone is 18. The smallest absolute Gasteiger partial charge is 0.306 e. The number of hydrogen-bond donors (Lipinski definition) is 7. The summed E-state index contributed by atoms with van der Waals surface area (Å²) in [5.74, 6) is -1.08. The van der Waals surface area contributed by atoms with Crippen LogP contribution in [0, 0.1) is 0 Å². The Labute approximate surface area is 417 Å². The lowest BCUT2D eigenvalue weighted by Gasteiger charge is -2.42. The molecule has 0 aromatic heterocycles. The number of unbranched alkanes of at least 4 members (excludes halogenated alkanes) is 5. The van der Waals surface area contributed by atoms with Crippen LogP contribution >= 0.6 is 0 Å². The molecular weight excluding hydrogens is 901 g/mol. The van der Waals surface area contributed by atoms with Crippen LogP contribution in [0.5, 0.6) is 0 Å². The Morgan fingerprint density at radius 3 is 1.41 bits per heavy atom. The van der Waals surface area contributed by atoms with Crippen LogP contribution in [0.4, 0.5) is 0 Å². The Balaban J connectivity index is 1.87. The summed E-state index contributed by atoms with van der Waals surface area (Å²) in [6, 6.07) is 0. The van der Waals surface area contributed by atoms with Gasteiger partial charge in [-0.1, -0.05) is 136 Å². The Morgan fingerprint density at radius 2 is 0.914 bits per heavy atom. The molecule has 0 spiro atoms. The number of hydrogen-bond acceptors (Lipinski definition) is 15. The van der Waals surface area contributed by atoms with Crippen molar-refractivity contribution in [2.45, 2.75) is 197 Å². The largest absolute Gasteiger partial charge is 0.462 e. The summed E-state index contributed by atoms with van der Waals surface area (Å²) in [6.45, 7) is 2.29. The Bertz CT molecular complexity index is 1630. The van der Waals surface area contributed by atoms with E-state index in [1.807, 2.05) is 12.2 Å². The molecule has 15 heteroatoms. The topological polar surface area (TPSA) is 231 Å². The first-order valence-electron chi connectivity index (χ1n) is 25.5. The summed E-state index contributed by atoms with van der Waals surface area (Å²) in [6.07, 6.45) is 35.6. The molecule has 2 aliphatic rings. The highest BCUT2D eigenvalue weighted by Gasteiger charge is 2.47.